The van der Waals surface area contributed by atoms with Crippen molar-refractivity contribution in [3.63, 3.8) is 0 Å². The van der Waals surface area contributed by atoms with Crippen molar-refractivity contribution in [3.05, 3.63) is 29.3 Å². The molecule has 1 aromatic rings. The van der Waals surface area contributed by atoms with Crippen molar-refractivity contribution >= 4 is 5.78 Å². The molecule has 0 saturated carbocycles. The van der Waals surface area contributed by atoms with Crippen LogP contribution in [0, 0.1) is 0 Å². The Kier molecular flexibility index (Phi) is 4.50. The molecular weight excluding hydrogens is 301 g/mol. The smallest absolute Gasteiger partial charge is 0.442 e. The van der Waals surface area contributed by atoms with Gasteiger partial charge in [0.05, 0.1) is 12.2 Å². The summed E-state index contributed by atoms with van der Waals surface area (Å²) in [5.41, 5.74) is -2.49. The van der Waals surface area contributed by atoms with Gasteiger partial charge in [-0.2, -0.15) is 13.2 Å². The summed E-state index contributed by atoms with van der Waals surface area (Å²) >= 11 is 0. The van der Waals surface area contributed by atoms with Gasteiger partial charge < -0.3 is 9.47 Å². The van der Waals surface area contributed by atoms with Crippen LogP contribution in [0.2, 0.25) is 0 Å². The highest BCUT2D eigenvalue weighted by atomic mass is 19.4. The number of carbonyl (C=O) groups is 1. The molecule has 0 aliphatic carbocycles. The van der Waals surface area contributed by atoms with Crippen LogP contribution in [0.4, 0.5) is 13.2 Å². The second-order valence-electron chi connectivity index (χ2n) is 4.68. The molecule has 0 spiro atoms. The molecule has 0 saturated heterocycles. The fourth-order valence-corrected chi connectivity index (χ4v) is 1.95. The van der Waals surface area contributed by atoms with E-state index in [9.17, 15) is 18.0 Å². The molecule has 0 radical (unpaired) electrons. The summed E-state index contributed by atoms with van der Waals surface area (Å²) in [6.07, 6.45) is -4.62. The van der Waals surface area contributed by atoms with Gasteiger partial charge in [-0.3, -0.25) is 4.79 Å². The van der Waals surface area contributed by atoms with Crippen LogP contribution in [-0.4, -0.2) is 31.8 Å². The van der Waals surface area contributed by atoms with Crippen LogP contribution in [0.5, 0.6) is 5.75 Å². The SMILES string of the molecule is CCOCCOc1cc(C2(C(F)(F)F)N=N2)ccc1C(C)=O. The minimum atomic E-state index is -4.62. The van der Waals surface area contributed by atoms with Crippen LogP contribution in [0.15, 0.2) is 28.4 Å². The van der Waals surface area contributed by atoms with Gasteiger partial charge in [0.15, 0.2) is 5.78 Å². The van der Waals surface area contributed by atoms with Crippen LogP contribution < -0.4 is 4.74 Å². The maximum atomic E-state index is 13.0. The first kappa shape index (κ1) is 16.4. The lowest BCUT2D eigenvalue weighted by molar-refractivity contribution is -0.166. The number of halogens is 3. The molecule has 1 aliphatic rings. The summed E-state index contributed by atoms with van der Waals surface area (Å²) in [5.74, 6) is -0.227. The zero-order valence-corrected chi connectivity index (χ0v) is 12.1. The van der Waals surface area contributed by atoms with Gasteiger partial charge in [0.1, 0.15) is 12.4 Å². The topological polar surface area (TPSA) is 60.2 Å². The number of nitrogens with zero attached hydrogens (tertiary/aromatic N) is 2. The Morgan fingerprint density at radius 3 is 2.45 bits per heavy atom. The number of hydrogen-bond acceptors (Lipinski definition) is 5. The number of rotatable bonds is 7. The van der Waals surface area contributed by atoms with E-state index in [-0.39, 0.29) is 35.9 Å². The van der Waals surface area contributed by atoms with Gasteiger partial charge in [-0.05, 0) is 26.0 Å². The summed E-state index contributed by atoms with van der Waals surface area (Å²) in [6, 6.07) is 3.65. The third-order valence-electron chi connectivity index (χ3n) is 3.15. The van der Waals surface area contributed by atoms with E-state index in [0.717, 1.165) is 6.07 Å². The second-order valence-corrected chi connectivity index (χ2v) is 4.68. The Labute approximate surface area is 125 Å². The second kappa shape index (κ2) is 6.04. The Bertz CT molecular complexity index is 593. The predicted octanol–water partition coefficient (Wildman–Crippen LogP) is 3.49. The molecule has 0 fully saturated rings. The first-order chi connectivity index (χ1) is 10.3. The molecule has 2 rings (SSSR count). The zero-order chi connectivity index (χ0) is 16.4. The fourth-order valence-electron chi connectivity index (χ4n) is 1.95. The van der Waals surface area contributed by atoms with Gasteiger partial charge in [0.2, 0.25) is 0 Å². The molecular formula is C14H15F3N2O3. The van der Waals surface area contributed by atoms with E-state index in [4.69, 9.17) is 9.47 Å². The third kappa shape index (κ3) is 3.11. The lowest BCUT2D eigenvalue weighted by Gasteiger charge is -2.17. The Morgan fingerprint density at radius 1 is 1.27 bits per heavy atom. The van der Waals surface area contributed by atoms with Gasteiger partial charge in [-0.25, -0.2) is 0 Å². The molecule has 0 bridgehead atoms. The van der Waals surface area contributed by atoms with Crippen molar-refractivity contribution < 1.29 is 27.4 Å². The summed E-state index contributed by atoms with van der Waals surface area (Å²) in [4.78, 5) is 11.5. The van der Waals surface area contributed by atoms with Crippen molar-refractivity contribution in [3.8, 4) is 5.75 Å². The number of hydrogen-bond donors (Lipinski definition) is 0. The van der Waals surface area contributed by atoms with Gasteiger partial charge in [0, 0.05) is 12.2 Å². The lowest BCUT2D eigenvalue weighted by atomic mass is 9.99. The van der Waals surface area contributed by atoms with Crippen LogP contribution in [-0.2, 0) is 10.4 Å². The number of carbonyl (C=O) groups excluding carboxylic acids is 1. The molecule has 0 amide bonds. The summed E-state index contributed by atoms with van der Waals surface area (Å²) in [6.45, 7) is 4.03. The molecule has 120 valence electrons. The first-order valence-electron chi connectivity index (χ1n) is 6.68. The number of ketones is 1. The lowest BCUT2D eigenvalue weighted by Crippen LogP contribution is -2.30. The molecule has 0 unspecified atom stereocenters. The van der Waals surface area contributed by atoms with E-state index in [1.165, 1.54) is 19.1 Å². The van der Waals surface area contributed by atoms with Gasteiger partial charge in [-0.1, -0.05) is 6.07 Å². The van der Waals surface area contributed by atoms with E-state index in [2.05, 4.69) is 10.2 Å². The standard InChI is InChI=1S/C14H15F3N2O3/c1-3-21-6-7-22-12-8-10(4-5-11(12)9(2)20)13(18-19-13)14(15,16)17/h4-5,8H,3,6-7H2,1-2H3. The predicted molar refractivity (Wildman–Crippen MR) is 71.0 cm³/mol. The zero-order valence-electron chi connectivity index (χ0n) is 12.1. The molecule has 0 aromatic heterocycles. The minimum Gasteiger partial charge on any atom is -0.490 e. The van der Waals surface area contributed by atoms with Crippen molar-refractivity contribution in [2.24, 2.45) is 10.2 Å². The fraction of sp³-hybridized carbons (Fsp3) is 0.500. The quantitative estimate of drug-likeness (QED) is 0.571. The third-order valence-corrected chi connectivity index (χ3v) is 3.15. The summed E-state index contributed by atoms with van der Waals surface area (Å²) in [5, 5.41) is 6.27. The molecule has 1 aliphatic heterocycles. The molecule has 1 heterocycles. The number of alkyl halides is 3. The Balaban J connectivity index is 2.26. The van der Waals surface area contributed by atoms with Crippen LogP contribution in [0.3, 0.4) is 0 Å². The highest BCUT2D eigenvalue weighted by Gasteiger charge is 2.65. The molecule has 0 N–H and O–H groups in total. The maximum absolute atomic E-state index is 13.0. The average molecular weight is 316 g/mol. The van der Waals surface area contributed by atoms with Crippen LogP contribution in [0.25, 0.3) is 0 Å². The maximum Gasteiger partial charge on any atom is 0.442 e. The van der Waals surface area contributed by atoms with Crippen molar-refractivity contribution in [2.75, 3.05) is 19.8 Å². The van der Waals surface area contributed by atoms with Crippen LogP contribution >= 0.6 is 0 Å². The average Bonchev–Trinajstić information content (AvgIpc) is 3.24. The Morgan fingerprint density at radius 2 is 1.95 bits per heavy atom. The highest BCUT2D eigenvalue weighted by Crippen LogP contribution is 2.52. The van der Waals surface area contributed by atoms with Crippen LogP contribution in [0.1, 0.15) is 29.8 Å². The molecule has 1 aromatic carbocycles. The first-order valence-corrected chi connectivity index (χ1v) is 6.68. The normalized spacial score (nSPS) is 15.7. The summed E-state index contributed by atoms with van der Waals surface area (Å²) < 4.78 is 49.5. The molecule has 5 nitrogen and oxygen atoms in total. The number of benzene rings is 1. The van der Waals surface area contributed by atoms with Crippen molar-refractivity contribution in [1.29, 1.82) is 0 Å². The van der Waals surface area contributed by atoms with E-state index in [1.807, 2.05) is 6.92 Å². The van der Waals surface area contributed by atoms with Crippen molar-refractivity contribution in [2.45, 2.75) is 25.7 Å². The van der Waals surface area contributed by atoms with Gasteiger partial charge in [0.25, 0.3) is 0 Å². The molecule has 8 heteroatoms. The largest absolute Gasteiger partial charge is 0.490 e. The minimum absolute atomic E-state index is 0.0747. The van der Waals surface area contributed by atoms with E-state index < -0.39 is 11.8 Å². The summed E-state index contributed by atoms with van der Waals surface area (Å²) in [7, 11) is 0. The van der Waals surface area contributed by atoms with Crippen molar-refractivity contribution in [1.82, 2.24) is 0 Å². The Hall–Kier alpha value is -1.96. The number of Topliss-reactive ketones (excluding diaryl/α,β-unsaturated/α-hetero) is 1. The molecule has 0 atom stereocenters. The monoisotopic (exact) mass is 316 g/mol. The van der Waals surface area contributed by atoms with E-state index in [0.29, 0.717) is 6.61 Å². The number of ether oxygens (including phenoxy) is 2. The molecule has 22 heavy (non-hydrogen) atoms. The highest BCUT2D eigenvalue weighted by molar-refractivity contribution is 5.96. The van der Waals surface area contributed by atoms with Gasteiger partial charge >= 0.3 is 11.8 Å². The van der Waals surface area contributed by atoms with Gasteiger partial charge in [-0.15, -0.1) is 10.2 Å². The van der Waals surface area contributed by atoms with E-state index in [1.54, 1.807) is 0 Å². The van der Waals surface area contributed by atoms with E-state index >= 15 is 0 Å².